The summed E-state index contributed by atoms with van der Waals surface area (Å²) < 4.78 is 77.9. The van der Waals surface area contributed by atoms with Crippen LogP contribution in [-0.4, -0.2) is 217 Å². The number of halogens is 11. The first-order chi connectivity index (χ1) is 67.0. The van der Waals surface area contributed by atoms with E-state index < -0.39 is 106 Å². The van der Waals surface area contributed by atoms with Crippen LogP contribution in [0.2, 0.25) is 25.1 Å². The molecular formula is C95H116Cl5F6N9O27. The van der Waals surface area contributed by atoms with Gasteiger partial charge in [0.05, 0.1) is 167 Å². The number of alkyl halides is 3. The first kappa shape index (κ1) is 129. The molecule has 0 bridgehead atoms. The Hall–Kier alpha value is -11.5. The van der Waals surface area contributed by atoms with E-state index in [9.17, 15) is 69.5 Å². The number of amides is 9. The SMILES string of the molecule is Cc1cc(F)c(C(=O)NOCCO)c(F)c1.Cc1ccc(C(=O)NOCC(C)O)c(Cl)c1.Cc1ccc(C(=O)NOCCO)c(C(F)(F)F)c1.Cc1ccc(C(=O)NOCCO)c(C)c1.Cc1ccc(C(=O)NOCCO)c(Cl)c1.Cc1ccc(C(=O)NOCCO)c(Cl)c1.Cc1ccc(C(=O)NOCCO)c(F)c1.Cc1ccc(C(=O)NOC[C@@H](C)O)c(Cl)c1.Cc1ccc(C(=O)NOC[C@H](C)O)c(Cl)c1. The molecule has 0 aliphatic rings. The fourth-order valence-electron chi connectivity index (χ4n) is 10.0. The van der Waals surface area contributed by atoms with E-state index in [4.69, 9.17) is 123 Å². The summed E-state index contributed by atoms with van der Waals surface area (Å²) in [4.78, 5) is 145. The monoisotopic (exact) mass is 2100 g/mol. The van der Waals surface area contributed by atoms with Gasteiger partial charge in [-0.15, -0.1) is 0 Å². The molecule has 780 valence electrons. The molecule has 9 amide bonds. The molecule has 18 N–H and O–H groups in total. The Labute approximate surface area is 840 Å². The fourth-order valence-corrected chi connectivity index (χ4v) is 11.7. The smallest absolute Gasteiger partial charge is 0.394 e. The Kier molecular flexibility index (Phi) is 64.3. The maximum Gasteiger partial charge on any atom is 0.417 e. The van der Waals surface area contributed by atoms with Gasteiger partial charge in [0.25, 0.3) is 53.2 Å². The highest BCUT2D eigenvalue weighted by Gasteiger charge is 2.35. The number of aliphatic hydroxyl groups excluding tert-OH is 9. The number of hydrogen-bond acceptors (Lipinski definition) is 27. The van der Waals surface area contributed by atoms with Crippen molar-refractivity contribution in [1.29, 1.82) is 0 Å². The highest BCUT2D eigenvalue weighted by molar-refractivity contribution is 6.35. The molecule has 1 unspecified atom stereocenters. The fraction of sp³-hybridized carbons (Fsp3) is 0.337. The van der Waals surface area contributed by atoms with E-state index in [2.05, 4.69) is 57.1 Å². The molecule has 9 aromatic rings. The Balaban J connectivity index is 0.000000799. The molecule has 0 fully saturated rings. The van der Waals surface area contributed by atoms with Gasteiger partial charge < -0.3 is 46.0 Å². The van der Waals surface area contributed by atoms with Crippen LogP contribution in [0.4, 0.5) is 26.3 Å². The van der Waals surface area contributed by atoms with Gasteiger partial charge >= 0.3 is 6.18 Å². The van der Waals surface area contributed by atoms with Crippen molar-refractivity contribution in [1.82, 2.24) is 49.3 Å². The molecule has 0 saturated heterocycles. The minimum atomic E-state index is -4.62. The average Bonchev–Trinajstić information content (AvgIpc) is 0.807. The van der Waals surface area contributed by atoms with Crippen LogP contribution in [0.15, 0.2) is 158 Å². The Morgan fingerprint density at radius 3 is 0.704 bits per heavy atom. The summed E-state index contributed by atoms with van der Waals surface area (Å²) in [5.41, 5.74) is 27.3. The summed E-state index contributed by atoms with van der Waals surface area (Å²) in [7, 11) is 0. The number of benzene rings is 9. The number of aryl methyl sites for hydroxylation is 10. The number of rotatable bonds is 36. The van der Waals surface area contributed by atoms with Crippen molar-refractivity contribution < 1.29 is 159 Å². The van der Waals surface area contributed by atoms with Crippen molar-refractivity contribution >= 4 is 111 Å². The van der Waals surface area contributed by atoms with Crippen LogP contribution in [0.3, 0.4) is 0 Å². The summed E-state index contributed by atoms with van der Waals surface area (Å²) in [6.07, 6.45) is -6.51. The summed E-state index contributed by atoms with van der Waals surface area (Å²) >= 11 is 29.4. The molecule has 0 aliphatic heterocycles. The average molecular weight is 2110 g/mol. The number of carbonyl (C=O) groups is 9. The summed E-state index contributed by atoms with van der Waals surface area (Å²) in [5, 5.41) is 79.2. The van der Waals surface area contributed by atoms with E-state index in [1.165, 1.54) is 32.0 Å². The molecule has 0 saturated carbocycles. The van der Waals surface area contributed by atoms with Crippen LogP contribution < -0.4 is 49.3 Å². The second-order valence-corrected chi connectivity index (χ2v) is 31.7. The highest BCUT2D eigenvalue weighted by atomic mass is 35.5. The van der Waals surface area contributed by atoms with Crippen molar-refractivity contribution in [3.8, 4) is 0 Å². The molecular weight excluding hydrogens is 1990 g/mol. The van der Waals surface area contributed by atoms with E-state index in [0.29, 0.717) is 69.6 Å². The minimum absolute atomic E-state index is 0.0286. The Morgan fingerprint density at radius 1 is 0.268 bits per heavy atom. The third-order valence-electron chi connectivity index (χ3n) is 16.6. The first-order valence-corrected chi connectivity index (χ1v) is 44.2. The third kappa shape index (κ3) is 53.0. The van der Waals surface area contributed by atoms with Gasteiger partial charge in [-0.2, -0.15) is 13.2 Å². The zero-order chi connectivity index (χ0) is 107. The lowest BCUT2D eigenvalue weighted by Crippen LogP contribution is -2.27. The van der Waals surface area contributed by atoms with Gasteiger partial charge in [0.15, 0.2) is 0 Å². The van der Waals surface area contributed by atoms with Crippen LogP contribution in [0.1, 0.15) is 175 Å². The van der Waals surface area contributed by atoms with Gasteiger partial charge in [-0.1, -0.05) is 124 Å². The second kappa shape index (κ2) is 71.1. The molecule has 0 radical (unpaired) electrons. The molecule has 0 heterocycles. The zero-order valence-electron chi connectivity index (χ0n) is 79.4. The van der Waals surface area contributed by atoms with Crippen LogP contribution in [0, 0.1) is 86.7 Å². The minimum Gasteiger partial charge on any atom is -0.394 e. The molecule has 0 aliphatic carbocycles. The first-order valence-electron chi connectivity index (χ1n) is 42.3. The van der Waals surface area contributed by atoms with Crippen molar-refractivity contribution in [2.24, 2.45) is 0 Å². The van der Waals surface area contributed by atoms with Crippen LogP contribution in [0.25, 0.3) is 0 Å². The van der Waals surface area contributed by atoms with Crippen molar-refractivity contribution in [3.63, 3.8) is 0 Å². The van der Waals surface area contributed by atoms with E-state index in [1.807, 2.05) is 77.0 Å². The molecule has 142 heavy (non-hydrogen) atoms. The van der Waals surface area contributed by atoms with Crippen LogP contribution in [0.5, 0.6) is 0 Å². The lowest BCUT2D eigenvalue weighted by atomic mass is 10.0. The lowest BCUT2D eigenvalue weighted by molar-refractivity contribution is -0.138. The maximum absolute atomic E-state index is 13.3. The molecule has 9 aromatic carbocycles. The Bertz CT molecular complexity index is 4990. The number of aliphatic hydroxyl groups is 9. The number of carbonyl (C=O) groups excluding carboxylic acids is 9. The largest absolute Gasteiger partial charge is 0.417 e. The summed E-state index contributed by atoms with van der Waals surface area (Å²) in [5.74, 6) is -7.62. The van der Waals surface area contributed by atoms with Gasteiger partial charge in [0.2, 0.25) is 0 Å². The van der Waals surface area contributed by atoms with Crippen LogP contribution in [-0.2, 0) is 49.7 Å². The zero-order valence-corrected chi connectivity index (χ0v) is 83.2. The van der Waals surface area contributed by atoms with E-state index >= 15 is 0 Å². The molecule has 3 atom stereocenters. The van der Waals surface area contributed by atoms with E-state index in [-0.39, 0.29) is 111 Å². The second-order valence-electron chi connectivity index (χ2n) is 29.7. The number of hydroxylamine groups is 9. The predicted molar refractivity (Wildman–Crippen MR) is 514 cm³/mol. The molecule has 9 rings (SSSR count). The van der Waals surface area contributed by atoms with Crippen molar-refractivity contribution in [2.45, 2.75) is 114 Å². The van der Waals surface area contributed by atoms with Crippen LogP contribution >= 0.6 is 58.0 Å². The van der Waals surface area contributed by atoms with Crippen molar-refractivity contribution in [2.75, 3.05) is 99.1 Å². The summed E-state index contributed by atoms with van der Waals surface area (Å²) in [6, 6.07) is 40.8. The molecule has 0 aromatic heterocycles. The maximum atomic E-state index is 13.3. The summed E-state index contributed by atoms with van der Waals surface area (Å²) in [6.45, 7) is 21.3. The van der Waals surface area contributed by atoms with E-state index in [0.717, 1.165) is 68.8 Å². The van der Waals surface area contributed by atoms with Crippen molar-refractivity contribution in [3.05, 3.63) is 312 Å². The standard InChI is InChI=1S/3C11H14ClNO3.C11H12F3NO3.C11H15NO3.2C10H12ClNO3.C10H11F2NO3.C10H12FNO3/c3*1-7-3-4-9(10(12)5-7)11(15)13-16-6-8(2)14;1-7-2-3-8(9(6-7)11(12,13)14)10(17)15-18-5-4-16;1-8-3-4-10(9(2)7-8)11(14)12-15-6-5-13;2*1-7-2-3-8(9(11)6-7)10(14)12-15-5-4-13;1-6-4-7(11)9(8(12)5-6)10(15)13-16-3-2-14;1-7-2-3-8(9(11)6-7)10(14)12-15-5-4-13/h3*3-5,8,14H,6H2,1-2H3,(H,13,15);2-3,6,16H,4-5H2,1H3,(H,15,17);3-4,7,13H,5-6H2,1-2H3,(H,12,14);2*2-3,6,13H,4-5H2,1H3,(H,12,14);4-5,14H,2-3H2,1H3,(H,13,15);2-3,6,13H,4-5H2,1H3,(H,12,14)/t2*8-;;;;;;;/m10......./s1. The normalized spacial score (nSPS) is 11.0. The Morgan fingerprint density at radius 2 is 0.465 bits per heavy atom. The number of nitrogens with one attached hydrogen (secondary N) is 9. The van der Waals surface area contributed by atoms with Gasteiger partial charge in [-0.05, 0) is 238 Å². The van der Waals surface area contributed by atoms with Gasteiger partial charge in [-0.3, -0.25) is 86.7 Å². The van der Waals surface area contributed by atoms with E-state index in [1.54, 1.807) is 131 Å². The van der Waals surface area contributed by atoms with Gasteiger partial charge in [0, 0.05) is 5.56 Å². The topological polar surface area (TPSA) is 527 Å². The third-order valence-corrected chi connectivity index (χ3v) is 18.2. The highest BCUT2D eigenvalue weighted by Crippen LogP contribution is 2.33. The quantitative estimate of drug-likeness (QED) is 0.00985. The molecule has 36 nitrogen and oxygen atoms in total. The lowest BCUT2D eigenvalue weighted by Gasteiger charge is -2.13. The molecule has 47 heteroatoms. The van der Waals surface area contributed by atoms with Gasteiger partial charge in [-0.25, -0.2) is 62.5 Å². The van der Waals surface area contributed by atoms with Gasteiger partial charge in [0.1, 0.15) is 42.8 Å². The molecule has 0 spiro atoms. The predicted octanol–water partition coefficient (Wildman–Crippen LogP) is 12.0. The number of hydrogen-bond donors (Lipinski definition) is 18.